The molecule has 7 heteroatoms. The molecular formula is C16H23N3O3S. The number of carbonyl (C=O) groups excluding carboxylic acids is 2. The van der Waals surface area contributed by atoms with Gasteiger partial charge in [0, 0.05) is 25.0 Å². The average Bonchev–Trinajstić information content (AvgIpc) is 3.10. The Labute approximate surface area is 140 Å². The van der Waals surface area contributed by atoms with Crippen LogP contribution in [0.5, 0.6) is 0 Å². The van der Waals surface area contributed by atoms with E-state index in [1.807, 2.05) is 6.92 Å². The normalized spacial score (nSPS) is 22.1. The van der Waals surface area contributed by atoms with Crippen molar-refractivity contribution in [2.75, 3.05) is 25.6 Å². The molecule has 2 atom stereocenters. The van der Waals surface area contributed by atoms with Gasteiger partial charge >= 0.3 is 0 Å². The van der Waals surface area contributed by atoms with E-state index < -0.39 is 0 Å². The zero-order valence-corrected chi connectivity index (χ0v) is 14.4. The summed E-state index contributed by atoms with van der Waals surface area (Å²) >= 11 is 1.58. The van der Waals surface area contributed by atoms with Crippen LogP contribution in [0.15, 0.2) is 0 Å². The Morgan fingerprint density at radius 3 is 3.00 bits per heavy atom. The van der Waals surface area contributed by atoms with Gasteiger partial charge in [-0.15, -0.1) is 11.3 Å². The Bertz CT molecular complexity index is 578. The molecule has 2 aliphatic rings. The number of nitrogens with one attached hydrogen (secondary N) is 1. The van der Waals surface area contributed by atoms with Gasteiger partial charge in [0.25, 0.3) is 0 Å². The molecule has 3 rings (SSSR count). The number of nitrogens with zero attached hydrogens (tertiary/aromatic N) is 2. The minimum absolute atomic E-state index is 0.00234. The molecule has 1 aliphatic carbocycles. The van der Waals surface area contributed by atoms with Gasteiger partial charge in [-0.25, -0.2) is 4.98 Å². The summed E-state index contributed by atoms with van der Waals surface area (Å²) in [7, 11) is 1.62. The lowest BCUT2D eigenvalue weighted by molar-refractivity contribution is -0.130. The summed E-state index contributed by atoms with van der Waals surface area (Å²) in [5.74, 6) is -0.382. The Balaban J connectivity index is 1.60. The highest BCUT2D eigenvalue weighted by molar-refractivity contribution is 7.15. The third-order valence-electron chi connectivity index (χ3n) is 4.54. The third kappa shape index (κ3) is 3.55. The zero-order chi connectivity index (χ0) is 16.4. The number of hydrogen-bond acceptors (Lipinski definition) is 5. The molecule has 6 nitrogen and oxygen atoms in total. The molecule has 0 spiro atoms. The van der Waals surface area contributed by atoms with Crippen molar-refractivity contribution in [2.24, 2.45) is 5.92 Å². The molecule has 1 aliphatic heterocycles. The van der Waals surface area contributed by atoms with E-state index in [2.05, 4.69) is 10.3 Å². The maximum absolute atomic E-state index is 12.4. The number of anilines is 1. The number of rotatable bonds is 5. The van der Waals surface area contributed by atoms with E-state index in [0.29, 0.717) is 18.3 Å². The highest BCUT2D eigenvalue weighted by Gasteiger charge is 2.36. The maximum Gasteiger partial charge on any atom is 0.231 e. The van der Waals surface area contributed by atoms with E-state index in [0.717, 1.165) is 18.5 Å². The molecule has 2 heterocycles. The van der Waals surface area contributed by atoms with Crippen molar-refractivity contribution in [3.8, 4) is 0 Å². The van der Waals surface area contributed by atoms with E-state index in [-0.39, 0.29) is 30.2 Å². The number of aryl methyl sites for hydroxylation is 2. The van der Waals surface area contributed by atoms with Crippen LogP contribution in [-0.2, 0) is 27.2 Å². The number of carbonyl (C=O) groups is 2. The van der Waals surface area contributed by atoms with Gasteiger partial charge in [-0.2, -0.15) is 0 Å². The van der Waals surface area contributed by atoms with Gasteiger partial charge in [0.1, 0.15) is 0 Å². The number of ether oxygens (including phenoxy) is 1. The number of methoxy groups -OCH3 is 1. The molecule has 2 amide bonds. The van der Waals surface area contributed by atoms with Gasteiger partial charge in [0.2, 0.25) is 11.8 Å². The number of likely N-dealkylation sites (tertiary alicyclic amines) is 1. The zero-order valence-electron chi connectivity index (χ0n) is 13.6. The highest BCUT2D eigenvalue weighted by atomic mass is 32.1. The maximum atomic E-state index is 12.4. The molecule has 0 aromatic carbocycles. The molecular weight excluding hydrogens is 314 g/mol. The Kier molecular flexibility index (Phi) is 4.96. The first kappa shape index (κ1) is 16.4. The van der Waals surface area contributed by atoms with Crippen LogP contribution >= 0.6 is 11.3 Å². The lowest BCUT2D eigenvalue weighted by Gasteiger charge is -2.23. The SMILES string of the molecule is COC[C@H](C)N1C[C@H](C(=O)Nc2nc3c(s2)CCCC3)CC1=O. The number of hydrogen-bond donors (Lipinski definition) is 1. The average molecular weight is 337 g/mol. The van der Waals surface area contributed by atoms with E-state index in [4.69, 9.17) is 4.74 Å². The van der Waals surface area contributed by atoms with Crippen LogP contribution < -0.4 is 5.32 Å². The summed E-state index contributed by atoms with van der Waals surface area (Å²) in [6.07, 6.45) is 4.71. The van der Waals surface area contributed by atoms with Gasteiger partial charge in [-0.3, -0.25) is 9.59 Å². The van der Waals surface area contributed by atoms with Crippen molar-refractivity contribution in [3.05, 3.63) is 10.6 Å². The van der Waals surface area contributed by atoms with Crippen LogP contribution in [0, 0.1) is 5.92 Å². The molecule has 23 heavy (non-hydrogen) atoms. The second-order valence-electron chi connectivity index (χ2n) is 6.34. The predicted octanol–water partition coefficient (Wildman–Crippen LogP) is 1.84. The smallest absolute Gasteiger partial charge is 0.231 e. The van der Waals surface area contributed by atoms with Gasteiger partial charge in [0.15, 0.2) is 5.13 Å². The monoisotopic (exact) mass is 337 g/mol. The van der Waals surface area contributed by atoms with E-state index in [1.165, 1.54) is 17.7 Å². The van der Waals surface area contributed by atoms with Gasteiger partial charge in [0.05, 0.1) is 24.3 Å². The Hall–Kier alpha value is -1.47. The minimum Gasteiger partial charge on any atom is -0.383 e. The number of fused-ring (bicyclic) bond motifs is 1. The van der Waals surface area contributed by atoms with Gasteiger partial charge < -0.3 is 15.0 Å². The Morgan fingerprint density at radius 1 is 1.48 bits per heavy atom. The largest absolute Gasteiger partial charge is 0.383 e. The summed E-state index contributed by atoms with van der Waals surface area (Å²) in [5.41, 5.74) is 1.13. The first-order chi connectivity index (χ1) is 11.1. The molecule has 1 saturated heterocycles. The lowest BCUT2D eigenvalue weighted by atomic mass is 10.0. The van der Waals surface area contributed by atoms with Gasteiger partial charge in [-0.1, -0.05) is 0 Å². The summed E-state index contributed by atoms with van der Waals surface area (Å²) in [6.45, 7) is 2.89. The fourth-order valence-corrected chi connectivity index (χ4v) is 4.33. The molecule has 0 saturated carbocycles. The van der Waals surface area contributed by atoms with Gasteiger partial charge in [-0.05, 0) is 32.6 Å². The van der Waals surface area contributed by atoms with Crippen molar-refractivity contribution in [3.63, 3.8) is 0 Å². The number of amides is 2. The lowest BCUT2D eigenvalue weighted by Crippen LogP contribution is -2.38. The minimum atomic E-state index is -0.303. The van der Waals surface area contributed by atoms with Crippen molar-refractivity contribution in [1.82, 2.24) is 9.88 Å². The number of aromatic nitrogens is 1. The van der Waals surface area contributed by atoms with Crippen LogP contribution in [0.1, 0.15) is 36.8 Å². The molecule has 126 valence electrons. The number of thiazole rings is 1. The van der Waals surface area contributed by atoms with Crippen LogP contribution in [0.3, 0.4) is 0 Å². The quantitative estimate of drug-likeness (QED) is 0.890. The molecule has 0 bridgehead atoms. The Morgan fingerprint density at radius 2 is 2.26 bits per heavy atom. The first-order valence-electron chi connectivity index (χ1n) is 8.16. The second kappa shape index (κ2) is 6.97. The molecule has 1 aromatic heterocycles. The highest BCUT2D eigenvalue weighted by Crippen LogP contribution is 2.30. The molecule has 1 aromatic rings. The second-order valence-corrected chi connectivity index (χ2v) is 7.42. The third-order valence-corrected chi connectivity index (χ3v) is 5.62. The van der Waals surface area contributed by atoms with Crippen molar-refractivity contribution in [2.45, 2.75) is 45.1 Å². The fourth-order valence-electron chi connectivity index (χ4n) is 3.28. The summed E-state index contributed by atoms with van der Waals surface area (Å²) in [5, 5.41) is 3.59. The summed E-state index contributed by atoms with van der Waals surface area (Å²) in [4.78, 5) is 32.1. The van der Waals surface area contributed by atoms with Crippen molar-refractivity contribution < 1.29 is 14.3 Å². The van der Waals surface area contributed by atoms with Crippen molar-refractivity contribution in [1.29, 1.82) is 0 Å². The molecule has 1 N–H and O–H groups in total. The standard InChI is InChI=1S/C16H23N3O3S/c1-10(9-22-2)19-8-11(7-14(19)20)15(21)18-16-17-12-5-3-4-6-13(12)23-16/h10-11H,3-9H2,1-2H3,(H,17,18,21)/t10-,11+/m0/s1. The topological polar surface area (TPSA) is 71.5 Å². The van der Waals surface area contributed by atoms with E-state index >= 15 is 0 Å². The molecule has 1 fully saturated rings. The van der Waals surface area contributed by atoms with Crippen LogP contribution in [-0.4, -0.2) is 48.0 Å². The predicted molar refractivity (Wildman–Crippen MR) is 88.5 cm³/mol. The van der Waals surface area contributed by atoms with E-state index in [1.54, 1.807) is 23.3 Å². The molecule has 0 unspecified atom stereocenters. The first-order valence-corrected chi connectivity index (χ1v) is 8.98. The summed E-state index contributed by atoms with van der Waals surface area (Å²) in [6, 6.07) is -0.00234. The van der Waals surface area contributed by atoms with Crippen LogP contribution in [0.4, 0.5) is 5.13 Å². The van der Waals surface area contributed by atoms with E-state index in [9.17, 15) is 9.59 Å². The fraction of sp³-hybridized carbons (Fsp3) is 0.688. The summed E-state index contributed by atoms with van der Waals surface area (Å²) < 4.78 is 5.10. The van der Waals surface area contributed by atoms with Crippen molar-refractivity contribution >= 4 is 28.3 Å². The van der Waals surface area contributed by atoms with Crippen LogP contribution in [0.2, 0.25) is 0 Å². The van der Waals surface area contributed by atoms with Crippen LogP contribution in [0.25, 0.3) is 0 Å². The molecule has 0 radical (unpaired) electrons.